The molecule has 0 aromatic carbocycles. The summed E-state index contributed by atoms with van der Waals surface area (Å²) in [4.78, 5) is 27.0. The zero-order valence-electron chi connectivity index (χ0n) is 19.6. The SMILES string of the molecule is CC(C)[C@H]1CC[C@@H](OC[C@H]2C(NS(C)(C)C)CCCN2C(=O)C2CCC(=O)N2)CC1. The molecule has 2 heterocycles. The minimum Gasteiger partial charge on any atom is -0.376 e. The molecule has 3 aliphatic rings. The first-order valence-electron chi connectivity index (χ1n) is 11.8. The predicted octanol–water partition coefficient (Wildman–Crippen LogP) is 3.05. The minimum atomic E-state index is -0.907. The van der Waals surface area contributed by atoms with Crippen molar-refractivity contribution in [1.29, 1.82) is 0 Å². The standard InChI is InChI=1S/C23H43N3O3S/c1-16(2)17-8-10-18(11-9-17)29-15-21-19(25-30(3,4)5)7-6-14-26(21)23(28)20-12-13-22(27)24-20/h16-21,25H,6-15H2,1-5H3,(H,24,27)/t17-,18+,19?,20?,21-/m0/s1. The molecule has 6 nitrogen and oxygen atoms in total. The number of rotatable bonds is 7. The van der Waals surface area contributed by atoms with Crippen molar-refractivity contribution in [2.24, 2.45) is 11.8 Å². The van der Waals surface area contributed by atoms with E-state index in [1.807, 2.05) is 4.90 Å². The topological polar surface area (TPSA) is 70.7 Å². The van der Waals surface area contributed by atoms with Crippen molar-refractivity contribution in [3.63, 3.8) is 0 Å². The average Bonchev–Trinajstić information content (AvgIpc) is 3.11. The molecule has 1 aliphatic carbocycles. The van der Waals surface area contributed by atoms with Gasteiger partial charge in [-0.2, -0.15) is 10.2 Å². The van der Waals surface area contributed by atoms with E-state index in [1.165, 1.54) is 12.8 Å². The Morgan fingerprint density at radius 3 is 2.43 bits per heavy atom. The van der Waals surface area contributed by atoms with Crippen molar-refractivity contribution in [1.82, 2.24) is 14.9 Å². The second-order valence-corrected chi connectivity index (χ2v) is 14.5. The molecule has 1 saturated carbocycles. The minimum absolute atomic E-state index is 0.00566. The van der Waals surface area contributed by atoms with Crippen LogP contribution in [-0.2, 0) is 14.3 Å². The van der Waals surface area contributed by atoms with E-state index >= 15 is 0 Å². The van der Waals surface area contributed by atoms with Crippen LogP contribution in [0.4, 0.5) is 0 Å². The summed E-state index contributed by atoms with van der Waals surface area (Å²) in [6, 6.07) is -0.0673. The first-order chi connectivity index (χ1) is 14.1. The molecule has 3 atom stereocenters. The molecule has 0 spiro atoms. The van der Waals surface area contributed by atoms with Gasteiger partial charge in [0.05, 0.1) is 18.8 Å². The number of piperidine rings is 1. The summed E-state index contributed by atoms with van der Waals surface area (Å²) >= 11 is 0. The highest BCUT2D eigenvalue weighted by molar-refractivity contribution is 8.30. The summed E-state index contributed by atoms with van der Waals surface area (Å²) < 4.78 is 10.3. The van der Waals surface area contributed by atoms with E-state index in [0.29, 0.717) is 25.6 Å². The van der Waals surface area contributed by atoms with E-state index in [1.54, 1.807) is 0 Å². The van der Waals surface area contributed by atoms with Crippen LogP contribution in [0.15, 0.2) is 0 Å². The number of nitrogens with zero attached hydrogens (tertiary/aromatic N) is 1. The van der Waals surface area contributed by atoms with E-state index in [0.717, 1.165) is 44.1 Å². The van der Waals surface area contributed by atoms with Gasteiger partial charge >= 0.3 is 0 Å². The van der Waals surface area contributed by atoms with E-state index in [4.69, 9.17) is 4.74 Å². The second-order valence-electron chi connectivity index (χ2n) is 10.6. The number of likely N-dealkylation sites (tertiary alicyclic amines) is 1. The Balaban J connectivity index is 1.65. The van der Waals surface area contributed by atoms with E-state index in [-0.39, 0.29) is 29.9 Å². The van der Waals surface area contributed by atoms with E-state index in [2.05, 4.69) is 42.7 Å². The average molecular weight is 442 g/mol. The normalized spacial score (nSPS) is 33.6. The van der Waals surface area contributed by atoms with Crippen LogP contribution < -0.4 is 10.0 Å². The summed E-state index contributed by atoms with van der Waals surface area (Å²) in [7, 11) is -0.907. The molecule has 0 aromatic rings. The van der Waals surface area contributed by atoms with Crippen molar-refractivity contribution in [2.45, 2.75) is 89.4 Å². The van der Waals surface area contributed by atoms with Crippen molar-refractivity contribution in [2.75, 3.05) is 31.9 Å². The number of carbonyl (C=O) groups is 2. The lowest BCUT2D eigenvalue weighted by atomic mass is 9.80. The van der Waals surface area contributed by atoms with Crippen LogP contribution in [0.1, 0.15) is 65.2 Å². The Morgan fingerprint density at radius 2 is 1.87 bits per heavy atom. The molecule has 2 saturated heterocycles. The Labute approximate surface area is 184 Å². The van der Waals surface area contributed by atoms with Gasteiger partial charge in [-0.15, -0.1) is 0 Å². The molecule has 0 aromatic heterocycles. The van der Waals surface area contributed by atoms with Crippen molar-refractivity contribution in [3.05, 3.63) is 0 Å². The van der Waals surface area contributed by atoms with E-state index in [9.17, 15) is 9.59 Å². The van der Waals surface area contributed by atoms with Gasteiger partial charge in [0.15, 0.2) is 0 Å². The molecule has 2 aliphatic heterocycles. The number of carbonyl (C=O) groups excluding carboxylic acids is 2. The van der Waals surface area contributed by atoms with Crippen LogP contribution in [0.3, 0.4) is 0 Å². The largest absolute Gasteiger partial charge is 0.376 e. The third kappa shape index (κ3) is 6.36. The molecule has 2 amide bonds. The van der Waals surface area contributed by atoms with Gasteiger partial charge in [0.25, 0.3) is 0 Å². The third-order valence-corrected chi connectivity index (χ3v) is 8.03. The molecule has 3 rings (SSSR count). The van der Waals surface area contributed by atoms with Gasteiger partial charge in [0, 0.05) is 19.0 Å². The first kappa shape index (κ1) is 23.9. The monoisotopic (exact) mass is 441 g/mol. The van der Waals surface area contributed by atoms with Gasteiger partial charge in [-0.05, 0) is 75.5 Å². The fourth-order valence-electron chi connectivity index (χ4n) is 5.28. The lowest BCUT2D eigenvalue weighted by molar-refractivity contribution is -0.141. The van der Waals surface area contributed by atoms with Crippen LogP contribution in [0.25, 0.3) is 0 Å². The molecule has 0 bridgehead atoms. The van der Waals surface area contributed by atoms with Gasteiger partial charge in [-0.25, -0.2) is 0 Å². The number of hydrogen-bond donors (Lipinski definition) is 2. The van der Waals surface area contributed by atoms with Gasteiger partial charge in [0.1, 0.15) is 6.04 Å². The molecule has 174 valence electrons. The molecule has 7 heteroatoms. The number of nitrogens with one attached hydrogen (secondary N) is 2. The highest BCUT2D eigenvalue weighted by Gasteiger charge is 2.40. The van der Waals surface area contributed by atoms with Gasteiger partial charge in [-0.1, -0.05) is 13.8 Å². The van der Waals surface area contributed by atoms with Crippen molar-refractivity contribution in [3.8, 4) is 0 Å². The summed E-state index contributed by atoms with van der Waals surface area (Å²) in [5, 5.41) is 2.87. The summed E-state index contributed by atoms with van der Waals surface area (Å²) in [6.45, 7) is 6.00. The quantitative estimate of drug-likeness (QED) is 0.637. The maximum Gasteiger partial charge on any atom is 0.245 e. The third-order valence-electron chi connectivity index (χ3n) is 7.02. The van der Waals surface area contributed by atoms with Crippen LogP contribution in [0.5, 0.6) is 0 Å². The number of amides is 2. The first-order valence-corrected chi connectivity index (χ1v) is 14.7. The van der Waals surface area contributed by atoms with Crippen molar-refractivity contribution >= 4 is 22.0 Å². The molecule has 3 fully saturated rings. The lowest BCUT2D eigenvalue weighted by Gasteiger charge is -2.46. The zero-order valence-corrected chi connectivity index (χ0v) is 20.4. The molecule has 2 N–H and O–H groups in total. The van der Waals surface area contributed by atoms with Gasteiger partial charge < -0.3 is 15.0 Å². The van der Waals surface area contributed by atoms with Gasteiger partial charge in [-0.3, -0.25) is 14.3 Å². The van der Waals surface area contributed by atoms with Crippen molar-refractivity contribution < 1.29 is 14.3 Å². The number of ether oxygens (including phenoxy) is 1. The maximum absolute atomic E-state index is 13.3. The Hall–Kier alpha value is -0.790. The zero-order chi connectivity index (χ0) is 21.9. The highest BCUT2D eigenvalue weighted by Crippen LogP contribution is 2.35. The Bertz CT molecular complexity index is 599. The molecular weight excluding hydrogens is 398 g/mol. The fourth-order valence-corrected chi connectivity index (χ4v) is 6.47. The second kappa shape index (κ2) is 10.2. The van der Waals surface area contributed by atoms with E-state index < -0.39 is 10.2 Å². The van der Waals surface area contributed by atoms with Crippen LogP contribution in [-0.4, -0.2) is 72.9 Å². The molecule has 0 radical (unpaired) electrons. The molecule has 30 heavy (non-hydrogen) atoms. The lowest BCUT2D eigenvalue weighted by Crippen LogP contribution is -2.61. The van der Waals surface area contributed by atoms with Crippen LogP contribution >= 0.6 is 10.2 Å². The summed E-state index contributed by atoms with van der Waals surface area (Å²) in [6.07, 6.45) is 15.0. The molecular formula is C23H43N3O3S. The fraction of sp³-hybridized carbons (Fsp3) is 0.913. The maximum atomic E-state index is 13.3. The molecule has 2 unspecified atom stereocenters. The smallest absolute Gasteiger partial charge is 0.245 e. The van der Waals surface area contributed by atoms with Crippen LogP contribution in [0, 0.1) is 11.8 Å². The van der Waals surface area contributed by atoms with Crippen LogP contribution in [0.2, 0.25) is 0 Å². The Kier molecular flexibility index (Phi) is 8.13. The van der Waals surface area contributed by atoms with Gasteiger partial charge in [0.2, 0.25) is 11.8 Å². The highest BCUT2D eigenvalue weighted by atomic mass is 32.3. The number of hydrogen-bond acceptors (Lipinski definition) is 4. The summed E-state index contributed by atoms with van der Waals surface area (Å²) in [5.74, 6) is 1.65. The Morgan fingerprint density at radius 1 is 1.17 bits per heavy atom. The predicted molar refractivity (Wildman–Crippen MR) is 125 cm³/mol. The summed E-state index contributed by atoms with van der Waals surface area (Å²) in [5.41, 5.74) is 0.